The molecule has 0 bridgehead atoms. The molecule has 0 saturated heterocycles. The first-order valence-corrected chi connectivity index (χ1v) is 7.63. The number of hydrogen-bond acceptors (Lipinski definition) is 3. The van der Waals surface area contributed by atoms with Crippen molar-refractivity contribution in [2.24, 2.45) is 0 Å². The molecule has 3 nitrogen and oxygen atoms in total. The second kappa shape index (κ2) is 5.19. The van der Waals surface area contributed by atoms with Gasteiger partial charge in [-0.15, -0.1) is 0 Å². The molecule has 0 amide bonds. The Balaban J connectivity index is 2.16. The predicted molar refractivity (Wildman–Crippen MR) is 89.2 cm³/mol. The van der Waals surface area contributed by atoms with E-state index in [1.165, 1.54) is 0 Å². The Morgan fingerprint density at radius 1 is 1.00 bits per heavy atom. The number of hydrogen-bond donors (Lipinski definition) is 0. The summed E-state index contributed by atoms with van der Waals surface area (Å²) in [5.74, 6) is 0.827. The van der Waals surface area contributed by atoms with Crippen LogP contribution in [0.1, 0.15) is 26.6 Å². The second-order valence-electron chi connectivity index (χ2n) is 6.06. The average Bonchev–Trinajstić information content (AvgIpc) is 2.45. The topological polar surface area (TPSA) is 38.7 Å². The van der Waals surface area contributed by atoms with Crippen LogP contribution in [0.4, 0.5) is 0 Å². The first-order chi connectivity index (χ1) is 9.93. The molecule has 0 aliphatic carbocycles. The van der Waals surface area contributed by atoms with Crippen molar-refractivity contribution in [3.8, 4) is 11.3 Å². The third-order valence-corrected chi connectivity index (χ3v) is 3.67. The zero-order valence-corrected chi connectivity index (χ0v) is 13.8. The van der Waals surface area contributed by atoms with E-state index >= 15 is 0 Å². The lowest BCUT2D eigenvalue weighted by Crippen LogP contribution is -2.16. The van der Waals surface area contributed by atoms with Crippen molar-refractivity contribution in [1.82, 2.24) is 15.0 Å². The zero-order valence-electron chi connectivity index (χ0n) is 12.3. The number of aromatic nitrogens is 3. The molecule has 0 radical (unpaired) electrons. The third-order valence-electron chi connectivity index (χ3n) is 3.27. The Morgan fingerprint density at radius 2 is 1.81 bits per heavy atom. The van der Waals surface area contributed by atoms with Crippen molar-refractivity contribution >= 4 is 26.8 Å². The quantitative estimate of drug-likeness (QED) is 0.599. The van der Waals surface area contributed by atoms with E-state index in [0.29, 0.717) is 0 Å². The molecule has 0 atom stereocenters. The first-order valence-electron chi connectivity index (χ1n) is 6.84. The number of halogens is 1. The molecule has 0 spiro atoms. The Morgan fingerprint density at radius 3 is 2.57 bits per heavy atom. The normalized spacial score (nSPS) is 11.8. The predicted octanol–water partition coefficient (Wildman–Crippen LogP) is 4.75. The molecule has 0 saturated carbocycles. The molecule has 3 aromatic rings. The number of pyridine rings is 1. The van der Waals surface area contributed by atoms with E-state index in [9.17, 15) is 0 Å². The maximum Gasteiger partial charge on any atom is 0.135 e. The fourth-order valence-corrected chi connectivity index (χ4v) is 2.51. The Labute approximate surface area is 132 Å². The molecular weight excluding hydrogens is 326 g/mol. The minimum absolute atomic E-state index is 0.0897. The molecule has 21 heavy (non-hydrogen) atoms. The highest BCUT2D eigenvalue weighted by atomic mass is 79.9. The molecule has 0 aliphatic rings. The molecular formula is C17H16BrN3. The second-order valence-corrected chi connectivity index (χ2v) is 6.87. The summed E-state index contributed by atoms with van der Waals surface area (Å²) in [6, 6.07) is 12.2. The van der Waals surface area contributed by atoms with Crippen LogP contribution < -0.4 is 0 Å². The lowest BCUT2D eigenvalue weighted by Gasteiger charge is -2.17. The van der Waals surface area contributed by atoms with Gasteiger partial charge >= 0.3 is 0 Å². The van der Waals surface area contributed by atoms with Crippen LogP contribution in [0.2, 0.25) is 0 Å². The molecule has 0 aliphatic heterocycles. The van der Waals surface area contributed by atoms with E-state index in [1.807, 2.05) is 18.3 Å². The van der Waals surface area contributed by atoms with Gasteiger partial charge in [-0.1, -0.05) is 39.0 Å². The van der Waals surface area contributed by atoms with Crippen LogP contribution in [-0.2, 0) is 5.41 Å². The van der Waals surface area contributed by atoms with E-state index in [2.05, 4.69) is 70.9 Å². The number of benzene rings is 1. The van der Waals surface area contributed by atoms with Gasteiger partial charge in [0.05, 0.1) is 11.2 Å². The summed E-state index contributed by atoms with van der Waals surface area (Å²) in [5.41, 5.74) is 2.85. The van der Waals surface area contributed by atoms with Crippen LogP contribution in [0.15, 0.2) is 47.2 Å². The van der Waals surface area contributed by atoms with Gasteiger partial charge in [0.25, 0.3) is 0 Å². The standard InChI is InChI=1S/C17H16BrN3/c1-17(2,3)16-20-14(10-15(18)21-16)12-7-6-11-5-4-8-19-13(11)9-12/h4-10H,1-3H3. The van der Waals surface area contributed by atoms with Gasteiger partial charge in [-0.2, -0.15) is 0 Å². The van der Waals surface area contributed by atoms with Gasteiger partial charge in [0.2, 0.25) is 0 Å². The molecule has 1 aromatic carbocycles. The van der Waals surface area contributed by atoms with E-state index < -0.39 is 0 Å². The summed E-state index contributed by atoms with van der Waals surface area (Å²) in [4.78, 5) is 13.6. The summed E-state index contributed by atoms with van der Waals surface area (Å²) in [5, 5.41) is 1.13. The smallest absolute Gasteiger partial charge is 0.135 e. The van der Waals surface area contributed by atoms with Gasteiger partial charge in [0, 0.05) is 22.6 Å². The van der Waals surface area contributed by atoms with Crippen molar-refractivity contribution in [2.75, 3.05) is 0 Å². The Kier molecular flexibility index (Phi) is 3.49. The van der Waals surface area contributed by atoms with Crippen LogP contribution in [0.3, 0.4) is 0 Å². The van der Waals surface area contributed by atoms with Crippen molar-refractivity contribution in [3.63, 3.8) is 0 Å². The Bertz CT molecular complexity index is 806. The first kappa shape index (κ1) is 14.1. The highest BCUT2D eigenvalue weighted by molar-refractivity contribution is 9.10. The van der Waals surface area contributed by atoms with Gasteiger partial charge in [-0.3, -0.25) is 4.98 Å². The molecule has 2 heterocycles. The summed E-state index contributed by atoms with van der Waals surface area (Å²) in [7, 11) is 0. The SMILES string of the molecule is CC(C)(C)c1nc(Br)cc(-c2ccc3cccnc3c2)n1. The van der Waals surface area contributed by atoms with Gasteiger partial charge in [0.15, 0.2) is 0 Å². The fourth-order valence-electron chi connectivity index (χ4n) is 2.13. The highest BCUT2D eigenvalue weighted by Crippen LogP contribution is 2.27. The number of rotatable bonds is 1. The maximum absolute atomic E-state index is 4.71. The van der Waals surface area contributed by atoms with Gasteiger partial charge in [-0.25, -0.2) is 9.97 Å². The summed E-state index contributed by atoms with van der Waals surface area (Å²) >= 11 is 3.49. The number of nitrogens with zero attached hydrogens (tertiary/aromatic N) is 3. The molecule has 4 heteroatoms. The van der Waals surface area contributed by atoms with Crippen LogP contribution in [-0.4, -0.2) is 15.0 Å². The molecule has 0 N–H and O–H groups in total. The van der Waals surface area contributed by atoms with Crippen molar-refractivity contribution in [3.05, 3.63) is 53.0 Å². The lowest BCUT2D eigenvalue weighted by molar-refractivity contribution is 0.544. The van der Waals surface area contributed by atoms with Crippen LogP contribution in [0.5, 0.6) is 0 Å². The van der Waals surface area contributed by atoms with Crippen LogP contribution >= 0.6 is 15.9 Å². The Hall–Kier alpha value is -1.81. The molecule has 3 rings (SSSR count). The average molecular weight is 342 g/mol. The van der Waals surface area contributed by atoms with Gasteiger partial charge in [-0.05, 0) is 34.1 Å². The third kappa shape index (κ3) is 2.95. The molecule has 0 unspecified atom stereocenters. The van der Waals surface area contributed by atoms with E-state index in [-0.39, 0.29) is 5.41 Å². The van der Waals surface area contributed by atoms with Crippen molar-refractivity contribution in [2.45, 2.75) is 26.2 Å². The van der Waals surface area contributed by atoms with Gasteiger partial charge < -0.3 is 0 Å². The minimum atomic E-state index is -0.0897. The van der Waals surface area contributed by atoms with E-state index in [4.69, 9.17) is 4.98 Å². The van der Waals surface area contributed by atoms with Crippen LogP contribution in [0, 0.1) is 0 Å². The monoisotopic (exact) mass is 341 g/mol. The molecule has 106 valence electrons. The summed E-state index contributed by atoms with van der Waals surface area (Å²) in [6.45, 7) is 6.33. The molecule has 0 fully saturated rings. The van der Waals surface area contributed by atoms with Crippen LogP contribution in [0.25, 0.3) is 22.2 Å². The van der Waals surface area contributed by atoms with E-state index in [1.54, 1.807) is 0 Å². The lowest BCUT2D eigenvalue weighted by atomic mass is 9.95. The number of fused-ring (bicyclic) bond motifs is 1. The van der Waals surface area contributed by atoms with E-state index in [0.717, 1.165) is 32.6 Å². The fraction of sp³-hybridized carbons (Fsp3) is 0.235. The largest absolute Gasteiger partial charge is 0.256 e. The highest BCUT2D eigenvalue weighted by Gasteiger charge is 2.19. The molecule has 2 aromatic heterocycles. The maximum atomic E-state index is 4.71. The van der Waals surface area contributed by atoms with Crippen molar-refractivity contribution in [1.29, 1.82) is 0 Å². The summed E-state index contributed by atoms with van der Waals surface area (Å²) in [6.07, 6.45) is 1.81. The van der Waals surface area contributed by atoms with Gasteiger partial charge in [0.1, 0.15) is 10.4 Å². The zero-order chi connectivity index (χ0) is 15.0. The minimum Gasteiger partial charge on any atom is -0.256 e. The summed E-state index contributed by atoms with van der Waals surface area (Å²) < 4.78 is 0.804. The van der Waals surface area contributed by atoms with Crippen molar-refractivity contribution < 1.29 is 0 Å².